The van der Waals surface area contributed by atoms with Gasteiger partial charge in [-0.15, -0.1) is 0 Å². The third-order valence-corrected chi connectivity index (χ3v) is 2.07. The highest BCUT2D eigenvalue weighted by Gasteiger charge is 2.27. The number of nitrogens with one attached hydrogen (secondary N) is 1. The lowest BCUT2D eigenvalue weighted by Gasteiger charge is -2.08. The third kappa shape index (κ3) is 5.28. The van der Waals surface area contributed by atoms with Crippen LogP contribution >= 0.6 is 0 Å². The predicted octanol–water partition coefficient (Wildman–Crippen LogP) is 1.45. The molecule has 1 aromatic rings. The van der Waals surface area contributed by atoms with Gasteiger partial charge in [-0.25, -0.2) is 15.8 Å². The number of hydrogen-bond donors (Lipinski definition) is 2. The van der Waals surface area contributed by atoms with Crippen molar-refractivity contribution >= 4 is 5.82 Å². The van der Waals surface area contributed by atoms with Gasteiger partial charge < -0.3 is 10.2 Å². The van der Waals surface area contributed by atoms with E-state index in [-0.39, 0.29) is 13.0 Å². The van der Waals surface area contributed by atoms with Crippen molar-refractivity contribution in [3.8, 4) is 0 Å². The summed E-state index contributed by atoms with van der Waals surface area (Å²) in [5.41, 5.74) is 3.15. The van der Waals surface area contributed by atoms with E-state index in [1.807, 2.05) is 6.92 Å². The number of rotatable bonds is 6. The van der Waals surface area contributed by atoms with E-state index in [4.69, 9.17) is 5.84 Å². The number of hydrogen-bond acceptors (Lipinski definition) is 5. The number of alkyl halides is 3. The van der Waals surface area contributed by atoms with Crippen molar-refractivity contribution in [3.63, 3.8) is 0 Å². The molecule has 1 rings (SSSR count). The molecule has 1 aromatic heterocycles. The Balaban J connectivity index is 2.51. The average molecular weight is 264 g/mol. The highest BCUT2D eigenvalue weighted by Crippen LogP contribution is 2.14. The van der Waals surface area contributed by atoms with E-state index in [1.165, 1.54) is 0 Å². The minimum absolute atomic E-state index is 0.0866. The van der Waals surface area contributed by atoms with Crippen LogP contribution in [0.4, 0.5) is 19.0 Å². The highest BCUT2D eigenvalue weighted by molar-refractivity contribution is 5.34. The third-order valence-electron chi connectivity index (χ3n) is 2.07. The van der Waals surface area contributed by atoms with Gasteiger partial charge in [-0.3, -0.25) is 0 Å². The van der Waals surface area contributed by atoms with E-state index < -0.39 is 12.8 Å². The molecule has 0 aliphatic rings. The molecule has 102 valence electrons. The first-order valence-corrected chi connectivity index (χ1v) is 5.42. The van der Waals surface area contributed by atoms with Gasteiger partial charge in [0.1, 0.15) is 18.2 Å². The summed E-state index contributed by atoms with van der Waals surface area (Å²) in [6.45, 7) is 0.561. The Hall–Kier alpha value is -1.41. The second kappa shape index (κ2) is 6.50. The van der Waals surface area contributed by atoms with Crippen molar-refractivity contribution in [1.82, 2.24) is 9.97 Å². The van der Waals surface area contributed by atoms with E-state index in [1.54, 1.807) is 6.07 Å². The second-order valence-corrected chi connectivity index (χ2v) is 3.58. The van der Waals surface area contributed by atoms with Crippen LogP contribution < -0.4 is 11.3 Å². The van der Waals surface area contributed by atoms with Crippen LogP contribution in [0.3, 0.4) is 0 Å². The van der Waals surface area contributed by atoms with E-state index >= 15 is 0 Å². The molecule has 0 radical (unpaired) electrons. The van der Waals surface area contributed by atoms with Gasteiger partial charge in [-0.05, 0) is 6.42 Å². The maximum atomic E-state index is 11.8. The normalized spacial score (nSPS) is 11.6. The summed E-state index contributed by atoms with van der Waals surface area (Å²) in [6.07, 6.45) is -3.41. The zero-order valence-corrected chi connectivity index (χ0v) is 9.92. The fourth-order valence-electron chi connectivity index (χ4n) is 1.27. The number of nitrogens with two attached hydrogens (primary N) is 1. The number of aromatic nitrogens is 2. The van der Waals surface area contributed by atoms with E-state index in [2.05, 4.69) is 20.1 Å². The molecule has 0 saturated heterocycles. The van der Waals surface area contributed by atoms with Crippen LogP contribution in [0.1, 0.15) is 18.4 Å². The number of aryl methyl sites for hydroxylation is 1. The average Bonchev–Trinajstić information content (AvgIpc) is 2.33. The second-order valence-electron chi connectivity index (χ2n) is 3.58. The SMILES string of the molecule is CCc1cc(NN)nc(CCOCC(F)(F)F)n1. The summed E-state index contributed by atoms with van der Waals surface area (Å²) in [4.78, 5) is 8.19. The van der Waals surface area contributed by atoms with Crippen LogP contribution in [0.2, 0.25) is 0 Å². The molecule has 5 nitrogen and oxygen atoms in total. The molecule has 0 fully saturated rings. The molecule has 1 heterocycles. The molecule has 0 atom stereocenters. The van der Waals surface area contributed by atoms with Gasteiger partial charge in [0.2, 0.25) is 0 Å². The molecule has 0 saturated carbocycles. The minimum atomic E-state index is -4.31. The lowest BCUT2D eigenvalue weighted by molar-refractivity contribution is -0.173. The molecule has 8 heteroatoms. The van der Waals surface area contributed by atoms with Crippen molar-refractivity contribution in [1.29, 1.82) is 0 Å². The number of nitrogen functional groups attached to an aromatic ring is 1. The smallest absolute Gasteiger partial charge is 0.372 e. The predicted molar refractivity (Wildman–Crippen MR) is 59.8 cm³/mol. The number of nitrogens with zero attached hydrogens (tertiary/aromatic N) is 2. The largest absolute Gasteiger partial charge is 0.411 e. The minimum Gasteiger partial charge on any atom is -0.372 e. The van der Waals surface area contributed by atoms with Gasteiger partial charge in [0, 0.05) is 18.2 Å². The molecule has 0 bridgehead atoms. The zero-order chi connectivity index (χ0) is 13.6. The Kier molecular flexibility index (Phi) is 5.29. The summed E-state index contributed by atoms with van der Waals surface area (Å²) in [5, 5.41) is 0. The van der Waals surface area contributed by atoms with Gasteiger partial charge in [-0.2, -0.15) is 13.2 Å². The van der Waals surface area contributed by atoms with Crippen molar-refractivity contribution in [2.75, 3.05) is 18.6 Å². The number of hydrazine groups is 1. The first kappa shape index (κ1) is 14.7. The van der Waals surface area contributed by atoms with Crippen LogP contribution in [-0.4, -0.2) is 29.4 Å². The fraction of sp³-hybridized carbons (Fsp3) is 0.600. The van der Waals surface area contributed by atoms with Crippen LogP contribution in [0.25, 0.3) is 0 Å². The fourth-order valence-corrected chi connectivity index (χ4v) is 1.27. The zero-order valence-electron chi connectivity index (χ0n) is 9.92. The van der Waals surface area contributed by atoms with Crippen molar-refractivity contribution in [3.05, 3.63) is 17.6 Å². The topological polar surface area (TPSA) is 73.1 Å². The summed E-state index contributed by atoms with van der Waals surface area (Å²) in [6, 6.07) is 1.68. The molecule has 0 aliphatic heterocycles. The van der Waals surface area contributed by atoms with Crippen LogP contribution in [0, 0.1) is 0 Å². The first-order valence-electron chi connectivity index (χ1n) is 5.42. The lowest BCUT2D eigenvalue weighted by Crippen LogP contribution is -2.18. The van der Waals surface area contributed by atoms with Crippen LogP contribution in [-0.2, 0) is 17.6 Å². The molecule has 0 spiro atoms. The first-order chi connectivity index (χ1) is 8.44. The van der Waals surface area contributed by atoms with Gasteiger partial charge in [0.25, 0.3) is 0 Å². The summed E-state index contributed by atoms with van der Waals surface area (Å²) in [7, 11) is 0. The van der Waals surface area contributed by atoms with Gasteiger partial charge in [-0.1, -0.05) is 6.92 Å². The Labute approximate surface area is 103 Å². The Bertz CT molecular complexity index is 362. The monoisotopic (exact) mass is 264 g/mol. The molecule has 0 unspecified atom stereocenters. The van der Waals surface area contributed by atoms with E-state index in [9.17, 15) is 13.2 Å². The number of ether oxygens (including phenoxy) is 1. The quantitative estimate of drug-likeness (QED) is 0.462. The Morgan fingerprint density at radius 2 is 2.11 bits per heavy atom. The molecular weight excluding hydrogens is 249 g/mol. The lowest BCUT2D eigenvalue weighted by atomic mass is 10.3. The van der Waals surface area contributed by atoms with Gasteiger partial charge in [0.15, 0.2) is 0 Å². The number of anilines is 1. The Morgan fingerprint density at radius 1 is 1.39 bits per heavy atom. The van der Waals surface area contributed by atoms with Gasteiger partial charge in [0.05, 0.1) is 6.61 Å². The van der Waals surface area contributed by atoms with E-state index in [0.717, 1.165) is 5.69 Å². The van der Waals surface area contributed by atoms with E-state index in [0.29, 0.717) is 18.1 Å². The van der Waals surface area contributed by atoms with Crippen molar-refractivity contribution < 1.29 is 17.9 Å². The van der Waals surface area contributed by atoms with Crippen LogP contribution in [0.15, 0.2) is 6.07 Å². The maximum Gasteiger partial charge on any atom is 0.411 e. The summed E-state index contributed by atoms with van der Waals surface area (Å²) < 4.78 is 40.0. The highest BCUT2D eigenvalue weighted by atomic mass is 19.4. The molecule has 3 N–H and O–H groups in total. The summed E-state index contributed by atoms with van der Waals surface area (Å²) >= 11 is 0. The maximum absolute atomic E-state index is 11.8. The molecule has 0 aromatic carbocycles. The van der Waals surface area contributed by atoms with Crippen molar-refractivity contribution in [2.24, 2.45) is 5.84 Å². The van der Waals surface area contributed by atoms with Crippen LogP contribution in [0.5, 0.6) is 0 Å². The molecule has 0 amide bonds. The van der Waals surface area contributed by atoms with Gasteiger partial charge >= 0.3 is 6.18 Å². The van der Waals surface area contributed by atoms with Crippen molar-refractivity contribution in [2.45, 2.75) is 25.9 Å². The molecular formula is C10H15F3N4O. The summed E-state index contributed by atoms with van der Waals surface area (Å²) in [5.74, 6) is 6.08. The molecule has 0 aliphatic carbocycles. The number of halogens is 3. The molecule has 18 heavy (non-hydrogen) atoms. The standard InChI is InChI=1S/C10H15F3N4O/c1-2-7-5-9(17-14)16-8(15-7)3-4-18-6-10(11,12)13/h5H,2-4,6,14H2,1H3,(H,15,16,17). The Morgan fingerprint density at radius 3 is 2.67 bits per heavy atom.